The zero-order chi connectivity index (χ0) is 14.2. The minimum Gasteiger partial charge on any atom is -0.299 e. The Balaban J connectivity index is 1.78. The van der Waals surface area contributed by atoms with E-state index in [9.17, 15) is 4.79 Å². The van der Waals surface area contributed by atoms with Gasteiger partial charge in [-0.2, -0.15) is 0 Å². The minimum absolute atomic E-state index is 0.0643. The molecule has 0 aliphatic heterocycles. The summed E-state index contributed by atoms with van der Waals surface area (Å²) in [4.78, 5) is 18.4. The van der Waals surface area contributed by atoms with Gasteiger partial charge in [0.2, 0.25) is 0 Å². The number of carbonyl (C=O) groups is 1. The van der Waals surface area contributed by atoms with Crippen LogP contribution in [-0.4, -0.2) is 15.2 Å². The van der Waals surface area contributed by atoms with Crippen LogP contribution in [0.5, 0.6) is 0 Å². The molecule has 0 bridgehead atoms. The van der Waals surface area contributed by atoms with Crippen molar-refractivity contribution in [2.75, 3.05) is 0 Å². The fourth-order valence-corrected chi connectivity index (χ4v) is 4.36. The molecule has 0 saturated heterocycles. The van der Waals surface area contributed by atoms with Gasteiger partial charge in [0.15, 0.2) is 4.96 Å². The number of hydrogen-bond donors (Lipinski definition) is 0. The van der Waals surface area contributed by atoms with E-state index in [1.54, 1.807) is 11.3 Å². The second kappa shape index (κ2) is 5.32. The molecule has 0 atom stereocenters. The van der Waals surface area contributed by atoms with Crippen LogP contribution in [-0.2, 0) is 11.2 Å². The van der Waals surface area contributed by atoms with Gasteiger partial charge in [-0.25, -0.2) is 4.98 Å². The molecule has 2 aromatic rings. The van der Waals surface area contributed by atoms with Crippen molar-refractivity contribution in [3.63, 3.8) is 0 Å². The maximum absolute atomic E-state index is 12.8. The maximum atomic E-state index is 12.8. The van der Waals surface area contributed by atoms with Gasteiger partial charge in [-0.3, -0.25) is 9.20 Å². The monoisotopic (exact) mass is 290 g/mol. The summed E-state index contributed by atoms with van der Waals surface area (Å²) in [6, 6.07) is 0. The molecule has 0 unspecified atom stereocenters. The van der Waals surface area contributed by atoms with Crippen molar-refractivity contribution in [1.82, 2.24) is 9.38 Å². The van der Waals surface area contributed by atoms with E-state index in [-0.39, 0.29) is 5.41 Å². The van der Waals surface area contributed by atoms with Gasteiger partial charge in [-0.15, -0.1) is 11.3 Å². The first kappa shape index (κ1) is 13.8. The smallest absolute Gasteiger partial charge is 0.193 e. The zero-order valence-electron chi connectivity index (χ0n) is 12.3. The number of fused-ring (bicyclic) bond motifs is 1. The van der Waals surface area contributed by atoms with Crippen molar-refractivity contribution in [2.45, 2.75) is 52.4 Å². The van der Waals surface area contributed by atoms with Gasteiger partial charge in [0.05, 0.1) is 12.1 Å². The molecule has 1 aliphatic carbocycles. The molecule has 0 aromatic carbocycles. The van der Waals surface area contributed by atoms with Crippen LogP contribution in [0.15, 0.2) is 17.8 Å². The van der Waals surface area contributed by atoms with Crippen molar-refractivity contribution in [3.05, 3.63) is 23.5 Å². The third-order valence-corrected chi connectivity index (χ3v) is 5.21. The van der Waals surface area contributed by atoms with E-state index in [2.05, 4.69) is 18.8 Å². The number of ketones is 1. The van der Waals surface area contributed by atoms with Crippen LogP contribution >= 0.6 is 11.3 Å². The van der Waals surface area contributed by atoms with Crippen LogP contribution < -0.4 is 0 Å². The Morgan fingerprint density at radius 1 is 1.45 bits per heavy atom. The lowest BCUT2D eigenvalue weighted by Crippen LogP contribution is -2.31. The van der Waals surface area contributed by atoms with Crippen molar-refractivity contribution in [1.29, 1.82) is 0 Å². The molecule has 3 rings (SSSR count). The third-order valence-electron chi connectivity index (χ3n) is 4.44. The molecule has 0 spiro atoms. The van der Waals surface area contributed by atoms with Crippen molar-refractivity contribution in [3.8, 4) is 0 Å². The topological polar surface area (TPSA) is 34.4 Å². The molecule has 2 heterocycles. The molecular formula is C16H22N2OS. The lowest BCUT2D eigenvalue weighted by molar-refractivity contribution is -0.128. The molecule has 4 heteroatoms. The fraction of sp³-hybridized carbons (Fsp3) is 0.625. The van der Waals surface area contributed by atoms with Crippen LogP contribution in [0.2, 0.25) is 0 Å². The molecule has 3 nitrogen and oxygen atoms in total. The first-order chi connectivity index (χ1) is 9.59. The number of hydrogen-bond acceptors (Lipinski definition) is 3. The highest BCUT2D eigenvalue weighted by Crippen LogP contribution is 2.44. The van der Waals surface area contributed by atoms with E-state index in [0.717, 1.165) is 29.9 Å². The van der Waals surface area contributed by atoms with Gasteiger partial charge in [0.1, 0.15) is 5.78 Å². The van der Waals surface area contributed by atoms with Gasteiger partial charge < -0.3 is 0 Å². The molecule has 108 valence electrons. The van der Waals surface area contributed by atoms with E-state index in [1.807, 2.05) is 22.2 Å². The normalized spacial score (nSPS) is 18.1. The first-order valence-corrected chi connectivity index (χ1v) is 8.41. The standard InChI is InChI=1S/C16H22N2OS/c1-12(2)10-16(5-3-4-6-16)14(19)9-13-11-18-7-8-20-15(18)17-13/h7-8,11-12H,3-6,9-10H2,1-2H3. The summed E-state index contributed by atoms with van der Waals surface area (Å²) in [6.45, 7) is 4.44. The highest BCUT2D eigenvalue weighted by Gasteiger charge is 2.40. The van der Waals surface area contributed by atoms with E-state index >= 15 is 0 Å². The van der Waals surface area contributed by atoms with Crippen LogP contribution in [0.25, 0.3) is 4.96 Å². The molecular weight excluding hydrogens is 268 g/mol. The van der Waals surface area contributed by atoms with Crippen LogP contribution in [0, 0.1) is 11.3 Å². The van der Waals surface area contributed by atoms with Crippen LogP contribution in [0.4, 0.5) is 0 Å². The van der Waals surface area contributed by atoms with E-state index < -0.39 is 0 Å². The van der Waals surface area contributed by atoms with Crippen LogP contribution in [0.1, 0.15) is 51.6 Å². The van der Waals surface area contributed by atoms with Crippen molar-refractivity contribution < 1.29 is 4.79 Å². The molecule has 1 saturated carbocycles. The summed E-state index contributed by atoms with van der Waals surface area (Å²) in [7, 11) is 0. The number of carbonyl (C=O) groups excluding carboxylic acids is 1. The Bertz CT molecular complexity index is 576. The summed E-state index contributed by atoms with van der Waals surface area (Å²) >= 11 is 1.62. The predicted octanol–water partition coefficient (Wildman–Crippen LogP) is 4.11. The summed E-state index contributed by atoms with van der Waals surface area (Å²) < 4.78 is 2.01. The Kier molecular flexibility index (Phi) is 3.67. The molecule has 0 radical (unpaired) electrons. The molecule has 0 N–H and O–H groups in total. The van der Waals surface area contributed by atoms with E-state index in [4.69, 9.17) is 0 Å². The van der Waals surface area contributed by atoms with Crippen molar-refractivity contribution >= 4 is 22.1 Å². The number of rotatable bonds is 5. The quantitative estimate of drug-likeness (QED) is 0.830. The number of Topliss-reactive ketones (excluding diaryl/α,β-unsaturated/α-hetero) is 1. The summed E-state index contributed by atoms with van der Waals surface area (Å²) in [6.07, 6.45) is 10.1. The molecule has 0 amide bonds. The van der Waals surface area contributed by atoms with E-state index in [1.165, 1.54) is 12.8 Å². The molecule has 1 fully saturated rings. The van der Waals surface area contributed by atoms with Gasteiger partial charge in [0.25, 0.3) is 0 Å². The van der Waals surface area contributed by atoms with Crippen LogP contribution in [0.3, 0.4) is 0 Å². The van der Waals surface area contributed by atoms with Gasteiger partial charge in [0, 0.05) is 23.2 Å². The Hall–Kier alpha value is -1.16. The summed E-state index contributed by atoms with van der Waals surface area (Å²) in [5.41, 5.74) is 0.863. The third kappa shape index (κ3) is 2.53. The zero-order valence-corrected chi connectivity index (χ0v) is 13.1. The molecule has 2 aromatic heterocycles. The van der Waals surface area contributed by atoms with Gasteiger partial charge in [-0.05, 0) is 25.2 Å². The van der Waals surface area contributed by atoms with E-state index in [0.29, 0.717) is 18.1 Å². The first-order valence-electron chi connectivity index (χ1n) is 7.53. The number of thiazole rings is 1. The highest BCUT2D eigenvalue weighted by molar-refractivity contribution is 7.15. The number of aromatic nitrogens is 2. The Labute approximate surface area is 124 Å². The largest absolute Gasteiger partial charge is 0.299 e. The maximum Gasteiger partial charge on any atom is 0.193 e. The average Bonchev–Trinajstić information content (AvgIpc) is 3.03. The van der Waals surface area contributed by atoms with Crippen molar-refractivity contribution in [2.24, 2.45) is 11.3 Å². The Morgan fingerprint density at radius 2 is 2.20 bits per heavy atom. The second-order valence-electron chi connectivity index (χ2n) is 6.51. The summed E-state index contributed by atoms with van der Waals surface area (Å²) in [5.74, 6) is 0.997. The number of nitrogens with zero attached hydrogens (tertiary/aromatic N) is 2. The average molecular weight is 290 g/mol. The Morgan fingerprint density at radius 3 is 2.85 bits per heavy atom. The molecule has 20 heavy (non-hydrogen) atoms. The van der Waals surface area contributed by atoms with Gasteiger partial charge in [-0.1, -0.05) is 26.7 Å². The lowest BCUT2D eigenvalue weighted by atomic mass is 9.74. The fourth-order valence-electron chi connectivity index (χ4n) is 3.64. The number of imidazole rings is 1. The SMILES string of the molecule is CC(C)CC1(C(=O)Cc2cn3ccsc3n2)CCCC1. The molecule has 1 aliphatic rings. The predicted molar refractivity (Wildman–Crippen MR) is 82.1 cm³/mol. The highest BCUT2D eigenvalue weighted by atomic mass is 32.1. The minimum atomic E-state index is -0.0643. The second-order valence-corrected chi connectivity index (χ2v) is 7.38. The lowest BCUT2D eigenvalue weighted by Gasteiger charge is -2.29. The van der Waals surface area contributed by atoms with Gasteiger partial charge >= 0.3 is 0 Å². The summed E-state index contributed by atoms with van der Waals surface area (Å²) in [5, 5.41) is 2.02.